The first-order valence-corrected chi connectivity index (χ1v) is 8.46. The number of fused-ring (bicyclic) bond motifs is 1. The van der Waals surface area contributed by atoms with Gasteiger partial charge in [0.1, 0.15) is 0 Å². The summed E-state index contributed by atoms with van der Waals surface area (Å²) >= 11 is 0. The number of hydrogen-bond donors (Lipinski definition) is 0. The van der Waals surface area contributed by atoms with Crippen molar-refractivity contribution in [3.05, 3.63) is 24.3 Å². The molecular weight excluding hydrogens is 270 g/mol. The van der Waals surface area contributed by atoms with Crippen LogP contribution in [0.1, 0.15) is 51.4 Å². The van der Waals surface area contributed by atoms with Gasteiger partial charge in [0.15, 0.2) is 0 Å². The Hall–Kier alpha value is -1.48. The summed E-state index contributed by atoms with van der Waals surface area (Å²) in [7, 11) is 0. The van der Waals surface area contributed by atoms with Gasteiger partial charge in [0.05, 0.1) is 17.7 Å². The predicted octanol–water partition coefficient (Wildman–Crippen LogP) is 3.85. The van der Waals surface area contributed by atoms with Gasteiger partial charge in [-0.05, 0) is 44.4 Å². The SMILES string of the molecule is C#CC/C=C\[C@H]1CCC[C@@]23C[C@@H](CC[C@@H]2/C=C\CC#C)ON13. The van der Waals surface area contributed by atoms with E-state index >= 15 is 0 Å². The van der Waals surface area contributed by atoms with Crippen LogP contribution in [0.2, 0.25) is 0 Å². The Bertz CT molecular complexity index is 535. The molecule has 0 radical (unpaired) electrons. The molecule has 0 unspecified atom stereocenters. The van der Waals surface area contributed by atoms with Crippen LogP contribution in [0, 0.1) is 30.6 Å². The number of nitrogens with zero attached hydrogens (tertiary/aromatic N) is 1. The van der Waals surface area contributed by atoms with Gasteiger partial charge in [-0.15, -0.1) is 24.7 Å². The normalized spacial score (nSPS) is 38.0. The number of allylic oxidation sites excluding steroid dienone is 2. The van der Waals surface area contributed by atoms with Crippen LogP contribution in [0.25, 0.3) is 0 Å². The van der Waals surface area contributed by atoms with Gasteiger partial charge in [-0.2, -0.15) is 5.06 Å². The summed E-state index contributed by atoms with van der Waals surface area (Å²) < 4.78 is 0. The second-order valence-electron chi connectivity index (χ2n) is 6.68. The molecule has 3 fully saturated rings. The molecule has 3 aliphatic rings. The van der Waals surface area contributed by atoms with Crippen LogP contribution in [-0.4, -0.2) is 22.7 Å². The maximum Gasteiger partial charge on any atom is 0.0812 e. The Kier molecular flexibility index (Phi) is 4.72. The fourth-order valence-electron chi connectivity index (χ4n) is 4.47. The van der Waals surface area contributed by atoms with Crippen LogP contribution in [0.4, 0.5) is 0 Å². The molecule has 0 aromatic rings. The molecule has 22 heavy (non-hydrogen) atoms. The third-order valence-electron chi connectivity index (χ3n) is 5.38. The lowest BCUT2D eigenvalue weighted by atomic mass is 9.67. The zero-order chi connectivity index (χ0) is 15.4. The molecule has 1 spiro atoms. The number of hydroxylamine groups is 2. The van der Waals surface area contributed by atoms with E-state index in [-0.39, 0.29) is 5.54 Å². The molecule has 3 rings (SSSR count). The predicted molar refractivity (Wildman–Crippen MR) is 89.6 cm³/mol. The summed E-state index contributed by atoms with van der Waals surface area (Å²) in [5, 5.41) is 2.33. The van der Waals surface area contributed by atoms with E-state index in [1.807, 2.05) is 0 Å². The molecule has 1 saturated carbocycles. The van der Waals surface area contributed by atoms with Crippen molar-refractivity contribution in [2.45, 2.75) is 69.1 Å². The lowest BCUT2D eigenvalue weighted by Crippen LogP contribution is -2.55. The number of terminal acetylenes is 2. The third kappa shape index (κ3) is 2.74. The molecule has 0 N–H and O–H groups in total. The molecule has 0 aromatic carbocycles. The maximum atomic E-state index is 6.32. The Balaban J connectivity index is 1.81. The number of hydrogen-bond acceptors (Lipinski definition) is 2. The molecule has 2 bridgehead atoms. The van der Waals surface area contributed by atoms with Crippen molar-refractivity contribution < 1.29 is 4.84 Å². The Morgan fingerprint density at radius 3 is 2.64 bits per heavy atom. The lowest BCUT2D eigenvalue weighted by Gasteiger charge is -2.48. The van der Waals surface area contributed by atoms with Crippen LogP contribution in [0.15, 0.2) is 24.3 Å². The van der Waals surface area contributed by atoms with Gasteiger partial charge < -0.3 is 0 Å². The molecule has 2 nitrogen and oxygen atoms in total. The van der Waals surface area contributed by atoms with Crippen molar-refractivity contribution >= 4 is 0 Å². The van der Waals surface area contributed by atoms with Crippen molar-refractivity contribution in [3.8, 4) is 24.7 Å². The van der Waals surface area contributed by atoms with Crippen LogP contribution in [-0.2, 0) is 4.84 Å². The molecule has 0 aromatic heterocycles. The van der Waals surface area contributed by atoms with Gasteiger partial charge in [-0.25, -0.2) is 0 Å². The quantitative estimate of drug-likeness (QED) is 0.577. The second kappa shape index (κ2) is 6.74. The van der Waals surface area contributed by atoms with Crippen LogP contribution in [0.5, 0.6) is 0 Å². The van der Waals surface area contributed by atoms with Gasteiger partial charge in [0, 0.05) is 12.8 Å². The third-order valence-corrected chi connectivity index (χ3v) is 5.38. The van der Waals surface area contributed by atoms with Crippen molar-refractivity contribution in [3.63, 3.8) is 0 Å². The minimum absolute atomic E-state index is 0.178. The summed E-state index contributed by atoms with van der Waals surface area (Å²) in [6, 6.07) is 0.369. The first-order valence-electron chi connectivity index (χ1n) is 8.46. The highest BCUT2D eigenvalue weighted by atomic mass is 16.7. The summed E-state index contributed by atoms with van der Waals surface area (Å²) in [6.45, 7) is 0. The molecular formula is C20H25NO. The van der Waals surface area contributed by atoms with E-state index < -0.39 is 0 Å². The topological polar surface area (TPSA) is 12.5 Å². The van der Waals surface area contributed by atoms with E-state index in [4.69, 9.17) is 17.7 Å². The lowest BCUT2D eigenvalue weighted by molar-refractivity contribution is -0.216. The van der Waals surface area contributed by atoms with Gasteiger partial charge in [-0.1, -0.05) is 24.3 Å². The molecule has 1 aliphatic carbocycles. The molecule has 0 amide bonds. The van der Waals surface area contributed by atoms with Gasteiger partial charge >= 0.3 is 0 Å². The standard InChI is InChI=1S/C20H25NO/c1-3-5-7-10-17-13-14-19-16-20(17)15-9-12-18(21(20)22-19)11-8-6-4-2/h1-2,7-8,10-11,17-19H,5-6,9,12-16H2/b10-7-,11-8-/t17-,18-,19+,20+/m0/s1. The van der Waals surface area contributed by atoms with E-state index in [2.05, 4.69) is 41.2 Å². The summed E-state index contributed by atoms with van der Waals surface area (Å²) in [5.74, 6) is 5.94. The van der Waals surface area contributed by atoms with E-state index in [0.717, 1.165) is 25.7 Å². The fraction of sp³-hybridized carbons (Fsp3) is 0.600. The van der Waals surface area contributed by atoms with Crippen molar-refractivity contribution in [2.24, 2.45) is 5.92 Å². The Labute approximate surface area is 134 Å². The average Bonchev–Trinajstić information content (AvgIpc) is 2.84. The fourth-order valence-corrected chi connectivity index (χ4v) is 4.47. The van der Waals surface area contributed by atoms with Crippen LogP contribution < -0.4 is 0 Å². The van der Waals surface area contributed by atoms with Gasteiger partial charge in [-0.3, -0.25) is 4.84 Å². The van der Waals surface area contributed by atoms with E-state index in [9.17, 15) is 0 Å². The highest BCUT2D eigenvalue weighted by Gasteiger charge is 2.56. The van der Waals surface area contributed by atoms with Crippen LogP contribution in [0.3, 0.4) is 0 Å². The molecule has 2 heterocycles. The summed E-state index contributed by atoms with van der Waals surface area (Å²) in [4.78, 5) is 6.32. The summed E-state index contributed by atoms with van der Waals surface area (Å²) in [6.07, 6.45) is 28.6. The summed E-state index contributed by atoms with van der Waals surface area (Å²) in [5.41, 5.74) is 0.178. The first kappa shape index (κ1) is 15.4. The molecule has 2 saturated heterocycles. The largest absolute Gasteiger partial charge is 0.294 e. The number of rotatable bonds is 4. The average molecular weight is 295 g/mol. The first-order chi connectivity index (χ1) is 10.8. The highest BCUT2D eigenvalue weighted by Crippen LogP contribution is 2.53. The van der Waals surface area contributed by atoms with Gasteiger partial charge in [0.25, 0.3) is 0 Å². The smallest absolute Gasteiger partial charge is 0.0812 e. The monoisotopic (exact) mass is 295 g/mol. The zero-order valence-corrected chi connectivity index (χ0v) is 13.2. The number of piperidine rings is 1. The van der Waals surface area contributed by atoms with Crippen molar-refractivity contribution in [1.82, 2.24) is 5.06 Å². The van der Waals surface area contributed by atoms with Crippen molar-refractivity contribution in [2.75, 3.05) is 0 Å². The van der Waals surface area contributed by atoms with Crippen LogP contribution >= 0.6 is 0 Å². The molecule has 2 aliphatic heterocycles. The Morgan fingerprint density at radius 2 is 1.86 bits per heavy atom. The van der Waals surface area contributed by atoms with Gasteiger partial charge in [0.2, 0.25) is 0 Å². The minimum atomic E-state index is 0.178. The zero-order valence-electron chi connectivity index (χ0n) is 13.2. The maximum absolute atomic E-state index is 6.32. The van der Waals surface area contributed by atoms with E-state index in [0.29, 0.717) is 24.5 Å². The highest BCUT2D eigenvalue weighted by molar-refractivity contribution is 5.15. The van der Waals surface area contributed by atoms with E-state index in [1.54, 1.807) is 0 Å². The molecule has 116 valence electrons. The minimum Gasteiger partial charge on any atom is -0.294 e. The van der Waals surface area contributed by atoms with E-state index in [1.165, 1.54) is 19.3 Å². The van der Waals surface area contributed by atoms with Crippen molar-refractivity contribution in [1.29, 1.82) is 0 Å². The molecule has 2 heteroatoms. The Morgan fingerprint density at radius 1 is 1.09 bits per heavy atom. The molecule has 4 atom stereocenters. The second-order valence-corrected chi connectivity index (χ2v) is 6.68.